The van der Waals surface area contributed by atoms with Crippen LogP contribution in [0, 0.1) is 10.1 Å². The van der Waals surface area contributed by atoms with E-state index in [4.69, 9.17) is 0 Å². The van der Waals surface area contributed by atoms with E-state index < -0.39 is 10.8 Å². The predicted octanol–water partition coefficient (Wildman–Crippen LogP) is 2.25. The SMILES string of the molecule is O=C1CC(C(=O)NCCNc2ccccc2[N+](=O)[O-])c2ccccc2N1. The van der Waals surface area contributed by atoms with Gasteiger partial charge >= 0.3 is 0 Å². The molecule has 3 N–H and O–H groups in total. The first-order valence-electron chi connectivity index (χ1n) is 8.20. The number of amides is 2. The third-order valence-electron chi connectivity index (χ3n) is 4.16. The first-order valence-corrected chi connectivity index (χ1v) is 8.20. The van der Waals surface area contributed by atoms with Crippen LogP contribution in [-0.2, 0) is 9.59 Å². The quantitative estimate of drug-likeness (QED) is 0.418. The van der Waals surface area contributed by atoms with Gasteiger partial charge in [-0.25, -0.2) is 0 Å². The lowest BCUT2D eigenvalue weighted by atomic mass is 9.90. The van der Waals surface area contributed by atoms with Crippen LogP contribution in [0.2, 0.25) is 0 Å². The third-order valence-corrected chi connectivity index (χ3v) is 4.16. The number of carbonyl (C=O) groups excluding carboxylic acids is 2. The molecule has 2 aromatic rings. The van der Waals surface area contributed by atoms with Crippen molar-refractivity contribution in [1.82, 2.24) is 5.32 Å². The number of hydrogen-bond donors (Lipinski definition) is 3. The van der Waals surface area contributed by atoms with Crippen molar-refractivity contribution in [2.75, 3.05) is 23.7 Å². The van der Waals surface area contributed by atoms with Crippen LogP contribution in [0.5, 0.6) is 0 Å². The smallest absolute Gasteiger partial charge is 0.292 e. The Balaban J connectivity index is 1.57. The summed E-state index contributed by atoms with van der Waals surface area (Å²) in [5.41, 5.74) is 1.82. The van der Waals surface area contributed by atoms with E-state index in [1.807, 2.05) is 12.1 Å². The maximum absolute atomic E-state index is 12.5. The zero-order chi connectivity index (χ0) is 18.5. The van der Waals surface area contributed by atoms with E-state index >= 15 is 0 Å². The first kappa shape index (κ1) is 17.4. The van der Waals surface area contributed by atoms with Gasteiger partial charge in [-0.05, 0) is 17.7 Å². The molecule has 0 saturated carbocycles. The molecule has 1 atom stereocenters. The van der Waals surface area contributed by atoms with Crippen molar-refractivity contribution in [2.45, 2.75) is 12.3 Å². The molecule has 0 radical (unpaired) electrons. The number of benzene rings is 2. The second-order valence-electron chi connectivity index (χ2n) is 5.88. The summed E-state index contributed by atoms with van der Waals surface area (Å²) in [6.07, 6.45) is 0.0977. The first-order chi connectivity index (χ1) is 12.6. The molecular formula is C18H18N4O4. The fourth-order valence-corrected chi connectivity index (χ4v) is 2.93. The number of rotatable bonds is 6. The van der Waals surface area contributed by atoms with E-state index in [2.05, 4.69) is 16.0 Å². The van der Waals surface area contributed by atoms with Crippen molar-refractivity contribution in [1.29, 1.82) is 0 Å². The van der Waals surface area contributed by atoms with Crippen LogP contribution in [0.4, 0.5) is 17.1 Å². The van der Waals surface area contributed by atoms with Gasteiger partial charge in [-0.3, -0.25) is 19.7 Å². The summed E-state index contributed by atoms with van der Waals surface area (Å²) in [5, 5.41) is 19.5. The minimum Gasteiger partial charge on any atom is -0.378 e. The van der Waals surface area contributed by atoms with Gasteiger partial charge < -0.3 is 16.0 Å². The highest BCUT2D eigenvalue weighted by Gasteiger charge is 2.30. The summed E-state index contributed by atoms with van der Waals surface area (Å²) in [7, 11) is 0. The van der Waals surface area contributed by atoms with E-state index in [-0.39, 0.29) is 30.5 Å². The van der Waals surface area contributed by atoms with Gasteiger partial charge in [-0.1, -0.05) is 30.3 Å². The Morgan fingerprint density at radius 3 is 2.69 bits per heavy atom. The van der Waals surface area contributed by atoms with Gasteiger partial charge in [-0.2, -0.15) is 0 Å². The molecule has 0 aromatic heterocycles. The summed E-state index contributed by atoms with van der Waals surface area (Å²) >= 11 is 0. The summed E-state index contributed by atoms with van der Waals surface area (Å²) in [4.78, 5) is 34.8. The van der Waals surface area contributed by atoms with E-state index in [0.29, 0.717) is 17.9 Å². The highest BCUT2D eigenvalue weighted by atomic mass is 16.6. The number of nitro benzene ring substituents is 1. The summed E-state index contributed by atoms with van der Waals surface area (Å²) in [6, 6.07) is 13.5. The maximum Gasteiger partial charge on any atom is 0.292 e. The third kappa shape index (κ3) is 3.80. The minimum atomic E-state index is -0.536. The Morgan fingerprint density at radius 1 is 1.15 bits per heavy atom. The van der Waals surface area contributed by atoms with Gasteiger partial charge in [0.15, 0.2) is 0 Å². The molecule has 0 fully saturated rings. The summed E-state index contributed by atoms with van der Waals surface area (Å²) < 4.78 is 0. The molecule has 3 rings (SSSR count). The van der Waals surface area contributed by atoms with Gasteiger partial charge in [0.25, 0.3) is 5.69 Å². The normalized spacial score (nSPS) is 15.5. The van der Waals surface area contributed by atoms with Gasteiger partial charge in [0.2, 0.25) is 11.8 Å². The number of fused-ring (bicyclic) bond motifs is 1. The second-order valence-corrected chi connectivity index (χ2v) is 5.88. The molecule has 2 amide bonds. The van der Waals surface area contributed by atoms with Crippen molar-refractivity contribution in [3.05, 3.63) is 64.2 Å². The number of nitro groups is 1. The molecule has 1 aliphatic rings. The largest absolute Gasteiger partial charge is 0.378 e. The second kappa shape index (κ2) is 7.64. The van der Waals surface area contributed by atoms with E-state index in [0.717, 1.165) is 5.56 Å². The molecule has 0 saturated heterocycles. The molecule has 8 nitrogen and oxygen atoms in total. The van der Waals surface area contributed by atoms with E-state index in [9.17, 15) is 19.7 Å². The van der Waals surface area contributed by atoms with Crippen LogP contribution in [0.15, 0.2) is 48.5 Å². The highest BCUT2D eigenvalue weighted by molar-refractivity contribution is 6.01. The Hall–Kier alpha value is -3.42. The minimum absolute atomic E-state index is 0.0169. The van der Waals surface area contributed by atoms with Crippen LogP contribution in [0.25, 0.3) is 0 Å². The van der Waals surface area contributed by atoms with Crippen molar-refractivity contribution in [3.63, 3.8) is 0 Å². The fraction of sp³-hybridized carbons (Fsp3) is 0.222. The standard InChI is InChI=1S/C18H18N4O4/c23-17-11-13(12-5-1-2-6-14(12)21-17)18(24)20-10-9-19-15-7-3-4-8-16(15)22(25)26/h1-8,13,19H,9-11H2,(H,20,24)(H,21,23). The van der Waals surface area contributed by atoms with Crippen molar-refractivity contribution in [3.8, 4) is 0 Å². The molecule has 2 aromatic carbocycles. The van der Waals surface area contributed by atoms with Gasteiger partial charge in [0, 0.05) is 31.3 Å². The molecule has 0 aliphatic carbocycles. The lowest BCUT2D eigenvalue weighted by Crippen LogP contribution is -2.37. The molecule has 1 aliphatic heterocycles. The van der Waals surface area contributed by atoms with Crippen LogP contribution >= 0.6 is 0 Å². The number of hydrogen-bond acceptors (Lipinski definition) is 5. The van der Waals surface area contributed by atoms with Gasteiger partial charge in [0.1, 0.15) is 5.69 Å². The van der Waals surface area contributed by atoms with Crippen molar-refractivity contribution >= 4 is 28.9 Å². The Labute approximate surface area is 149 Å². The van der Waals surface area contributed by atoms with Gasteiger partial charge in [0.05, 0.1) is 10.8 Å². The molecule has 0 bridgehead atoms. The molecule has 1 heterocycles. The number of para-hydroxylation sites is 3. The van der Waals surface area contributed by atoms with Gasteiger partial charge in [-0.15, -0.1) is 0 Å². The molecule has 1 unspecified atom stereocenters. The zero-order valence-corrected chi connectivity index (χ0v) is 13.9. The topological polar surface area (TPSA) is 113 Å². The molecule has 0 spiro atoms. The predicted molar refractivity (Wildman–Crippen MR) is 97.0 cm³/mol. The average molecular weight is 354 g/mol. The Kier molecular flexibility index (Phi) is 5.12. The number of nitrogens with one attached hydrogen (secondary N) is 3. The van der Waals surface area contributed by atoms with Crippen LogP contribution in [0.3, 0.4) is 0 Å². The Morgan fingerprint density at radius 2 is 1.88 bits per heavy atom. The number of anilines is 2. The van der Waals surface area contributed by atoms with Crippen LogP contribution in [-0.4, -0.2) is 29.8 Å². The maximum atomic E-state index is 12.5. The molecular weight excluding hydrogens is 336 g/mol. The molecule has 26 heavy (non-hydrogen) atoms. The van der Waals surface area contributed by atoms with E-state index in [1.165, 1.54) is 6.07 Å². The van der Waals surface area contributed by atoms with Crippen LogP contribution in [0.1, 0.15) is 17.9 Å². The van der Waals surface area contributed by atoms with Crippen molar-refractivity contribution < 1.29 is 14.5 Å². The molecule has 134 valence electrons. The lowest BCUT2D eigenvalue weighted by molar-refractivity contribution is -0.384. The summed E-state index contributed by atoms with van der Waals surface area (Å²) in [5.74, 6) is -0.968. The zero-order valence-electron chi connectivity index (χ0n) is 13.9. The number of carbonyl (C=O) groups is 2. The highest BCUT2D eigenvalue weighted by Crippen LogP contribution is 2.31. The lowest BCUT2D eigenvalue weighted by Gasteiger charge is -2.24. The molecule has 8 heteroatoms. The number of nitrogens with zero attached hydrogens (tertiary/aromatic N) is 1. The Bertz CT molecular complexity index is 853. The van der Waals surface area contributed by atoms with E-state index in [1.54, 1.807) is 30.3 Å². The monoisotopic (exact) mass is 354 g/mol. The fourth-order valence-electron chi connectivity index (χ4n) is 2.93. The summed E-state index contributed by atoms with van der Waals surface area (Å²) in [6.45, 7) is 0.613. The van der Waals surface area contributed by atoms with Crippen LogP contribution < -0.4 is 16.0 Å². The van der Waals surface area contributed by atoms with Crippen molar-refractivity contribution in [2.24, 2.45) is 0 Å². The average Bonchev–Trinajstić information content (AvgIpc) is 2.64.